The van der Waals surface area contributed by atoms with Crippen molar-refractivity contribution in [2.75, 3.05) is 36.0 Å². The van der Waals surface area contributed by atoms with Gasteiger partial charge in [-0.3, -0.25) is 9.78 Å². The molecule has 0 spiro atoms. The van der Waals surface area contributed by atoms with Gasteiger partial charge >= 0.3 is 0 Å². The van der Waals surface area contributed by atoms with Crippen LogP contribution in [0.25, 0.3) is 4.91 Å². The minimum atomic E-state index is 0.0749. The number of carbonyl (C=O) groups excluding carboxylic acids is 1. The molecule has 6 nitrogen and oxygen atoms in total. The maximum Gasteiger partial charge on any atom is 0.265 e. The lowest BCUT2D eigenvalue weighted by atomic mass is 9.99. The highest BCUT2D eigenvalue weighted by molar-refractivity contribution is 8.12. The quantitative estimate of drug-likeness (QED) is 0.486. The number of benzene rings is 2. The molecule has 3 aliphatic heterocycles. The van der Waals surface area contributed by atoms with Crippen molar-refractivity contribution in [2.45, 2.75) is 26.3 Å². The SMILES string of the molecule is CC#N.O=C1C2=C(CC=C(c3ccccc3)S2)Cc2cc(N3CCNCC3)ccc2N1Cc1ccccn1. The van der Waals surface area contributed by atoms with Crippen molar-refractivity contribution >= 4 is 33.9 Å². The van der Waals surface area contributed by atoms with E-state index in [2.05, 4.69) is 63.7 Å². The van der Waals surface area contributed by atoms with E-state index in [0.29, 0.717) is 6.54 Å². The Morgan fingerprint density at radius 1 is 1.05 bits per heavy atom. The van der Waals surface area contributed by atoms with E-state index < -0.39 is 0 Å². The van der Waals surface area contributed by atoms with Gasteiger partial charge in [0.05, 0.1) is 23.2 Å². The van der Waals surface area contributed by atoms with Crippen LogP contribution < -0.4 is 15.1 Å². The molecular weight excluding hydrogens is 490 g/mol. The van der Waals surface area contributed by atoms with E-state index in [1.54, 1.807) is 24.0 Å². The molecule has 0 bridgehead atoms. The van der Waals surface area contributed by atoms with Crippen LogP contribution in [0.2, 0.25) is 0 Å². The molecule has 1 N–H and O–H groups in total. The van der Waals surface area contributed by atoms with Crippen molar-refractivity contribution in [3.63, 3.8) is 0 Å². The number of nitriles is 1. The zero-order chi connectivity index (χ0) is 26.3. The van der Waals surface area contributed by atoms with E-state index in [9.17, 15) is 4.79 Å². The third-order valence-electron chi connectivity index (χ3n) is 6.85. The lowest BCUT2D eigenvalue weighted by Gasteiger charge is -2.31. The van der Waals surface area contributed by atoms with Gasteiger partial charge in [0.2, 0.25) is 0 Å². The summed E-state index contributed by atoms with van der Waals surface area (Å²) in [6.07, 6.45) is 5.66. The molecule has 7 heteroatoms. The van der Waals surface area contributed by atoms with Gasteiger partial charge in [0, 0.05) is 55.6 Å². The molecule has 0 atom stereocenters. The maximum absolute atomic E-state index is 14.1. The number of pyridine rings is 1. The molecule has 1 aromatic heterocycles. The minimum Gasteiger partial charge on any atom is -0.369 e. The number of rotatable bonds is 4. The molecule has 1 saturated heterocycles. The first-order valence-corrected chi connectivity index (χ1v) is 13.8. The number of nitrogens with one attached hydrogen (secondary N) is 1. The summed E-state index contributed by atoms with van der Waals surface area (Å²) < 4.78 is 0. The minimum absolute atomic E-state index is 0.0749. The molecule has 6 rings (SSSR count). The molecular formula is C31H31N5OS. The number of hydrogen-bond donors (Lipinski definition) is 1. The molecule has 192 valence electrons. The topological polar surface area (TPSA) is 72.3 Å². The summed E-state index contributed by atoms with van der Waals surface area (Å²) in [5, 5.41) is 10.8. The highest BCUT2D eigenvalue weighted by atomic mass is 32.2. The molecule has 0 unspecified atom stereocenters. The normalized spacial score (nSPS) is 16.8. The van der Waals surface area contributed by atoms with Crippen LogP contribution in [0, 0.1) is 11.3 Å². The van der Waals surface area contributed by atoms with Gasteiger partial charge in [-0.1, -0.05) is 54.2 Å². The first kappa shape index (κ1) is 25.8. The fourth-order valence-corrected chi connectivity index (χ4v) is 6.17. The van der Waals surface area contributed by atoms with E-state index in [-0.39, 0.29) is 5.91 Å². The van der Waals surface area contributed by atoms with Gasteiger partial charge in [0.25, 0.3) is 5.91 Å². The van der Waals surface area contributed by atoms with Gasteiger partial charge in [-0.25, -0.2) is 0 Å². The lowest BCUT2D eigenvalue weighted by Crippen LogP contribution is -2.43. The fraction of sp³-hybridized carbons (Fsp3) is 0.258. The lowest BCUT2D eigenvalue weighted by molar-refractivity contribution is -0.114. The summed E-state index contributed by atoms with van der Waals surface area (Å²) in [4.78, 5) is 25.0. The summed E-state index contributed by atoms with van der Waals surface area (Å²) in [5.41, 5.74) is 6.71. The Bertz CT molecular complexity index is 1390. The van der Waals surface area contributed by atoms with Crippen molar-refractivity contribution in [2.24, 2.45) is 0 Å². The number of piperazine rings is 1. The molecule has 0 aliphatic carbocycles. The third kappa shape index (κ3) is 5.67. The van der Waals surface area contributed by atoms with E-state index in [4.69, 9.17) is 5.26 Å². The second kappa shape index (κ2) is 12.1. The number of allylic oxidation sites excluding steroid dienone is 2. The summed E-state index contributed by atoms with van der Waals surface area (Å²) in [6, 6.07) is 24.6. The van der Waals surface area contributed by atoms with Crippen molar-refractivity contribution in [1.82, 2.24) is 10.3 Å². The zero-order valence-corrected chi connectivity index (χ0v) is 22.4. The Morgan fingerprint density at radius 3 is 2.55 bits per heavy atom. The van der Waals surface area contributed by atoms with Crippen LogP contribution in [-0.4, -0.2) is 37.1 Å². The average Bonchev–Trinajstić information content (AvgIpc) is 3.08. The van der Waals surface area contributed by atoms with E-state index in [1.165, 1.54) is 23.7 Å². The molecule has 2 aromatic carbocycles. The number of fused-ring (bicyclic) bond motifs is 1. The molecule has 38 heavy (non-hydrogen) atoms. The number of nitrogens with zero attached hydrogens (tertiary/aromatic N) is 4. The van der Waals surface area contributed by atoms with Crippen LogP contribution >= 0.6 is 11.8 Å². The number of thioether (sulfide) groups is 1. The largest absolute Gasteiger partial charge is 0.369 e. The average molecular weight is 522 g/mol. The zero-order valence-electron chi connectivity index (χ0n) is 21.6. The standard InChI is InChI=1S/C29H28N4OS.C2H3N/c34-29-28-22(9-12-27(35-28)21-6-2-1-3-7-21)18-23-19-25(32-16-14-30-15-17-32)10-11-26(23)33(29)20-24-8-4-5-13-31-24;1-2-3/h1-8,10-13,19,30H,9,14-18,20H2;1H3. The number of carbonyl (C=O) groups is 1. The van der Waals surface area contributed by atoms with Gasteiger partial charge < -0.3 is 15.1 Å². The highest BCUT2D eigenvalue weighted by Crippen LogP contribution is 2.45. The van der Waals surface area contributed by atoms with Crippen molar-refractivity contribution < 1.29 is 4.79 Å². The van der Waals surface area contributed by atoms with Gasteiger partial charge in [-0.05, 0) is 59.9 Å². The van der Waals surface area contributed by atoms with Crippen LogP contribution in [0.3, 0.4) is 0 Å². The van der Waals surface area contributed by atoms with Crippen LogP contribution in [0.4, 0.5) is 11.4 Å². The van der Waals surface area contributed by atoms with Crippen LogP contribution in [-0.2, 0) is 17.8 Å². The van der Waals surface area contributed by atoms with Crippen LogP contribution in [0.1, 0.15) is 30.2 Å². The summed E-state index contributed by atoms with van der Waals surface area (Å²) in [7, 11) is 0. The number of anilines is 2. The second-order valence-corrected chi connectivity index (χ2v) is 10.4. The molecule has 3 aliphatic rings. The van der Waals surface area contributed by atoms with Crippen molar-refractivity contribution in [3.05, 3.63) is 106 Å². The summed E-state index contributed by atoms with van der Waals surface area (Å²) in [6.45, 7) is 5.90. The molecule has 3 aromatic rings. The molecule has 1 amide bonds. The first-order valence-electron chi connectivity index (χ1n) is 12.9. The number of hydrogen-bond acceptors (Lipinski definition) is 6. The molecule has 0 saturated carbocycles. The maximum atomic E-state index is 14.1. The Kier molecular flexibility index (Phi) is 8.22. The summed E-state index contributed by atoms with van der Waals surface area (Å²) in [5.74, 6) is 0.0749. The van der Waals surface area contributed by atoms with E-state index >= 15 is 0 Å². The fourth-order valence-electron chi connectivity index (χ4n) is 5.03. The predicted octanol–water partition coefficient (Wildman–Crippen LogP) is 5.54. The Labute approximate surface area is 228 Å². The highest BCUT2D eigenvalue weighted by Gasteiger charge is 2.32. The molecule has 1 fully saturated rings. The molecule has 4 heterocycles. The smallest absolute Gasteiger partial charge is 0.265 e. The number of aromatic nitrogens is 1. The molecule has 0 radical (unpaired) electrons. The Morgan fingerprint density at radius 2 is 1.82 bits per heavy atom. The van der Waals surface area contributed by atoms with Crippen molar-refractivity contribution in [1.29, 1.82) is 5.26 Å². The predicted molar refractivity (Wildman–Crippen MR) is 156 cm³/mol. The van der Waals surface area contributed by atoms with Crippen LogP contribution in [0.15, 0.2) is 89.5 Å². The number of amides is 1. The van der Waals surface area contributed by atoms with Gasteiger partial charge in [0.1, 0.15) is 0 Å². The Balaban J connectivity index is 0.000000937. The van der Waals surface area contributed by atoms with E-state index in [0.717, 1.165) is 65.8 Å². The van der Waals surface area contributed by atoms with Gasteiger partial charge in [-0.15, -0.1) is 0 Å². The van der Waals surface area contributed by atoms with Gasteiger partial charge in [0.15, 0.2) is 0 Å². The van der Waals surface area contributed by atoms with Gasteiger partial charge in [-0.2, -0.15) is 5.26 Å². The van der Waals surface area contributed by atoms with E-state index in [1.807, 2.05) is 29.2 Å². The third-order valence-corrected chi connectivity index (χ3v) is 8.14. The Hall–Kier alpha value is -3.86. The second-order valence-electron chi connectivity index (χ2n) is 9.34. The monoisotopic (exact) mass is 521 g/mol. The van der Waals surface area contributed by atoms with Crippen molar-refractivity contribution in [3.8, 4) is 6.07 Å². The first-order chi connectivity index (χ1) is 18.7. The van der Waals surface area contributed by atoms with Crippen LogP contribution in [0.5, 0.6) is 0 Å². The summed E-state index contributed by atoms with van der Waals surface area (Å²) >= 11 is 1.62.